The van der Waals surface area contributed by atoms with Crippen LogP contribution in [0.3, 0.4) is 0 Å². The molecule has 1 aromatic carbocycles. The van der Waals surface area contributed by atoms with Gasteiger partial charge in [0.25, 0.3) is 5.91 Å². The minimum Gasteiger partial charge on any atom is -0.491 e. The van der Waals surface area contributed by atoms with E-state index in [4.69, 9.17) is 4.74 Å². The zero-order chi connectivity index (χ0) is 18.2. The molecule has 2 N–H and O–H groups in total. The van der Waals surface area contributed by atoms with Crippen molar-refractivity contribution in [3.8, 4) is 5.75 Å². The number of amides is 1. The highest BCUT2D eigenvalue weighted by molar-refractivity contribution is 6.02. The van der Waals surface area contributed by atoms with Crippen molar-refractivity contribution >= 4 is 17.4 Å². The maximum Gasteiger partial charge on any atom is 0.276 e. The van der Waals surface area contributed by atoms with Crippen molar-refractivity contribution < 1.29 is 9.53 Å². The lowest BCUT2D eigenvalue weighted by Crippen LogP contribution is -2.15. The number of nitrogens with one attached hydrogen (secondary N) is 2. The predicted octanol–water partition coefficient (Wildman–Crippen LogP) is 3.97. The van der Waals surface area contributed by atoms with Crippen LogP contribution in [0.5, 0.6) is 5.75 Å². The van der Waals surface area contributed by atoms with E-state index in [1.165, 1.54) is 0 Å². The van der Waals surface area contributed by atoms with Gasteiger partial charge in [-0.15, -0.1) is 10.2 Å². The minimum absolute atomic E-state index is 0.114. The standard InChI is InChI=1S/C19H26N4O2/c1-13(2)11-12-20-18-10-9-17(22-23-18)19(24)21-15-5-7-16(8-6-15)25-14(3)4/h5-10,13-14H,11-12H2,1-4H3,(H,20,23)(H,21,24). The summed E-state index contributed by atoms with van der Waals surface area (Å²) < 4.78 is 5.58. The Morgan fingerprint density at radius 1 is 1.04 bits per heavy atom. The number of carbonyl (C=O) groups is 1. The second kappa shape index (κ2) is 9.01. The fraction of sp³-hybridized carbons (Fsp3) is 0.421. The lowest BCUT2D eigenvalue weighted by Gasteiger charge is -2.10. The van der Waals surface area contributed by atoms with Crippen molar-refractivity contribution in [1.29, 1.82) is 0 Å². The minimum atomic E-state index is -0.293. The van der Waals surface area contributed by atoms with Gasteiger partial charge in [-0.1, -0.05) is 13.8 Å². The van der Waals surface area contributed by atoms with Gasteiger partial charge in [-0.3, -0.25) is 4.79 Å². The number of benzene rings is 1. The van der Waals surface area contributed by atoms with Crippen LogP contribution < -0.4 is 15.4 Å². The molecular weight excluding hydrogens is 316 g/mol. The summed E-state index contributed by atoms with van der Waals surface area (Å²) in [7, 11) is 0. The SMILES string of the molecule is CC(C)CCNc1ccc(C(=O)Nc2ccc(OC(C)C)cc2)nn1. The van der Waals surface area contributed by atoms with Gasteiger partial charge in [0.1, 0.15) is 11.6 Å². The summed E-state index contributed by atoms with van der Waals surface area (Å²) in [6, 6.07) is 10.7. The molecule has 25 heavy (non-hydrogen) atoms. The fourth-order valence-corrected chi connectivity index (χ4v) is 2.12. The molecule has 134 valence electrons. The monoisotopic (exact) mass is 342 g/mol. The largest absolute Gasteiger partial charge is 0.491 e. The highest BCUT2D eigenvalue weighted by atomic mass is 16.5. The zero-order valence-electron chi connectivity index (χ0n) is 15.2. The molecule has 2 aromatic rings. The molecule has 0 saturated carbocycles. The van der Waals surface area contributed by atoms with Gasteiger partial charge in [-0.05, 0) is 62.6 Å². The van der Waals surface area contributed by atoms with Crippen LogP contribution in [0.1, 0.15) is 44.6 Å². The van der Waals surface area contributed by atoms with E-state index in [-0.39, 0.29) is 17.7 Å². The van der Waals surface area contributed by atoms with Crippen molar-refractivity contribution in [2.75, 3.05) is 17.2 Å². The number of hydrogen-bond donors (Lipinski definition) is 2. The van der Waals surface area contributed by atoms with Crippen LogP contribution >= 0.6 is 0 Å². The molecule has 1 heterocycles. The van der Waals surface area contributed by atoms with Crippen LogP contribution in [0, 0.1) is 5.92 Å². The highest BCUT2D eigenvalue weighted by Crippen LogP contribution is 2.17. The van der Waals surface area contributed by atoms with Crippen molar-refractivity contribution in [3.05, 3.63) is 42.1 Å². The van der Waals surface area contributed by atoms with E-state index in [1.807, 2.05) is 26.0 Å². The molecule has 0 unspecified atom stereocenters. The molecule has 0 fully saturated rings. The van der Waals surface area contributed by atoms with E-state index >= 15 is 0 Å². The van der Waals surface area contributed by atoms with Crippen LogP contribution in [0.25, 0.3) is 0 Å². The summed E-state index contributed by atoms with van der Waals surface area (Å²) in [5.74, 6) is 1.78. The molecule has 0 radical (unpaired) electrons. The second-order valence-electron chi connectivity index (χ2n) is 6.56. The molecule has 0 aliphatic heterocycles. The van der Waals surface area contributed by atoms with Crippen LogP contribution in [0.2, 0.25) is 0 Å². The van der Waals surface area contributed by atoms with Crippen LogP contribution in [0.4, 0.5) is 11.5 Å². The Morgan fingerprint density at radius 2 is 1.76 bits per heavy atom. The van der Waals surface area contributed by atoms with E-state index in [2.05, 4.69) is 34.7 Å². The van der Waals surface area contributed by atoms with Crippen LogP contribution in [-0.4, -0.2) is 28.8 Å². The van der Waals surface area contributed by atoms with Gasteiger partial charge < -0.3 is 15.4 Å². The van der Waals surface area contributed by atoms with Gasteiger partial charge in [0.05, 0.1) is 6.10 Å². The molecule has 1 aromatic heterocycles. The van der Waals surface area contributed by atoms with E-state index < -0.39 is 0 Å². The summed E-state index contributed by atoms with van der Waals surface area (Å²) in [6.07, 6.45) is 1.17. The van der Waals surface area contributed by atoms with Gasteiger partial charge >= 0.3 is 0 Å². The second-order valence-corrected chi connectivity index (χ2v) is 6.56. The lowest BCUT2D eigenvalue weighted by atomic mass is 10.1. The molecule has 0 atom stereocenters. The fourth-order valence-electron chi connectivity index (χ4n) is 2.12. The predicted molar refractivity (Wildman–Crippen MR) is 100 cm³/mol. The number of hydrogen-bond acceptors (Lipinski definition) is 5. The first kappa shape index (κ1) is 18.7. The quantitative estimate of drug-likeness (QED) is 0.759. The molecular formula is C19H26N4O2. The highest BCUT2D eigenvalue weighted by Gasteiger charge is 2.09. The molecule has 0 spiro atoms. The number of rotatable bonds is 8. The van der Waals surface area contributed by atoms with Gasteiger partial charge in [-0.25, -0.2) is 0 Å². The normalized spacial score (nSPS) is 10.8. The number of aromatic nitrogens is 2. The molecule has 0 saturated heterocycles. The van der Waals surface area contributed by atoms with E-state index in [9.17, 15) is 4.79 Å². The molecule has 2 rings (SSSR count). The first-order valence-electron chi connectivity index (χ1n) is 8.59. The van der Waals surface area contributed by atoms with Gasteiger partial charge in [0.2, 0.25) is 0 Å². The maximum absolute atomic E-state index is 12.2. The number of ether oxygens (including phenoxy) is 1. The molecule has 0 aliphatic carbocycles. The zero-order valence-corrected chi connectivity index (χ0v) is 15.2. The first-order valence-corrected chi connectivity index (χ1v) is 8.59. The van der Waals surface area contributed by atoms with E-state index in [0.29, 0.717) is 17.4 Å². The molecule has 0 aliphatic rings. The number of nitrogens with zero attached hydrogens (tertiary/aromatic N) is 2. The summed E-state index contributed by atoms with van der Waals surface area (Å²) in [6.45, 7) is 9.11. The summed E-state index contributed by atoms with van der Waals surface area (Å²) in [4.78, 5) is 12.2. The number of anilines is 2. The Morgan fingerprint density at radius 3 is 2.32 bits per heavy atom. The smallest absolute Gasteiger partial charge is 0.276 e. The number of carbonyl (C=O) groups excluding carboxylic acids is 1. The molecule has 0 bridgehead atoms. The summed E-state index contributed by atoms with van der Waals surface area (Å²) in [5.41, 5.74) is 0.957. The van der Waals surface area contributed by atoms with E-state index in [0.717, 1.165) is 18.7 Å². The Hall–Kier alpha value is -2.63. The summed E-state index contributed by atoms with van der Waals surface area (Å²) >= 11 is 0. The summed E-state index contributed by atoms with van der Waals surface area (Å²) in [5, 5.41) is 14.0. The topological polar surface area (TPSA) is 76.1 Å². The Labute approximate surface area is 149 Å². The van der Waals surface area contributed by atoms with E-state index in [1.54, 1.807) is 24.3 Å². The third-order valence-electron chi connectivity index (χ3n) is 3.41. The van der Waals surface area contributed by atoms with Crippen molar-refractivity contribution in [3.63, 3.8) is 0 Å². The Bertz CT molecular complexity index is 667. The van der Waals surface area contributed by atoms with Crippen LogP contribution in [-0.2, 0) is 0 Å². The molecule has 1 amide bonds. The van der Waals surface area contributed by atoms with Gasteiger partial charge in [-0.2, -0.15) is 0 Å². The third kappa shape index (κ3) is 6.41. The Balaban J connectivity index is 1.89. The third-order valence-corrected chi connectivity index (χ3v) is 3.41. The van der Waals surface area contributed by atoms with Crippen LogP contribution in [0.15, 0.2) is 36.4 Å². The Kier molecular flexibility index (Phi) is 6.74. The van der Waals surface area contributed by atoms with Gasteiger partial charge in [0.15, 0.2) is 5.69 Å². The first-order chi connectivity index (χ1) is 11.9. The van der Waals surface area contributed by atoms with Gasteiger partial charge in [0, 0.05) is 12.2 Å². The molecule has 6 nitrogen and oxygen atoms in total. The van der Waals surface area contributed by atoms with Crippen molar-refractivity contribution in [2.24, 2.45) is 5.92 Å². The van der Waals surface area contributed by atoms with Crippen molar-refractivity contribution in [2.45, 2.75) is 40.2 Å². The average Bonchev–Trinajstić information content (AvgIpc) is 2.56. The average molecular weight is 342 g/mol. The maximum atomic E-state index is 12.2. The van der Waals surface area contributed by atoms with Crippen molar-refractivity contribution in [1.82, 2.24) is 10.2 Å². The molecule has 6 heteroatoms. The lowest BCUT2D eigenvalue weighted by molar-refractivity contribution is 0.102.